The standard InChI is InChI=1S/C21H33N5O2/c1-24(2)18-6-3-5-16(13-18)21(27)26-9-7-19-17(15-26)14-20(23-22-19)25-8-4-11-28-12-10-25/h14,16,18H,3-13,15H2,1-2H3. The summed E-state index contributed by atoms with van der Waals surface area (Å²) in [5.74, 6) is 1.42. The van der Waals surface area contributed by atoms with Crippen molar-refractivity contribution in [2.45, 2.75) is 51.1 Å². The van der Waals surface area contributed by atoms with Crippen LogP contribution in [0.3, 0.4) is 0 Å². The van der Waals surface area contributed by atoms with E-state index in [0.717, 1.165) is 82.0 Å². The fourth-order valence-corrected chi connectivity index (χ4v) is 4.75. The predicted molar refractivity (Wildman–Crippen MR) is 108 cm³/mol. The Kier molecular flexibility index (Phi) is 6.11. The van der Waals surface area contributed by atoms with Crippen molar-refractivity contribution in [3.8, 4) is 0 Å². The van der Waals surface area contributed by atoms with Crippen molar-refractivity contribution in [3.05, 3.63) is 17.3 Å². The van der Waals surface area contributed by atoms with Gasteiger partial charge in [-0.25, -0.2) is 0 Å². The Hall–Kier alpha value is -1.73. The molecule has 3 heterocycles. The molecule has 0 spiro atoms. The first kappa shape index (κ1) is 19.6. The van der Waals surface area contributed by atoms with Crippen molar-refractivity contribution in [1.29, 1.82) is 0 Å². The van der Waals surface area contributed by atoms with E-state index in [1.165, 1.54) is 6.42 Å². The molecule has 28 heavy (non-hydrogen) atoms. The molecule has 3 aliphatic rings. The molecule has 2 fully saturated rings. The Morgan fingerprint density at radius 2 is 2.04 bits per heavy atom. The van der Waals surface area contributed by atoms with E-state index >= 15 is 0 Å². The number of anilines is 1. The number of aromatic nitrogens is 2. The normalized spacial score (nSPS) is 26.1. The van der Waals surface area contributed by atoms with Crippen LogP contribution in [0.25, 0.3) is 0 Å². The quantitative estimate of drug-likeness (QED) is 0.787. The summed E-state index contributed by atoms with van der Waals surface area (Å²) in [6.07, 6.45) is 6.19. The second-order valence-corrected chi connectivity index (χ2v) is 8.62. The molecule has 1 aliphatic carbocycles. The van der Waals surface area contributed by atoms with Gasteiger partial charge in [0.2, 0.25) is 5.91 Å². The Morgan fingerprint density at radius 1 is 1.14 bits per heavy atom. The van der Waals surface area contributed by atoms with E-state index in [4.69, 9.17) is 4.74 Å². The fraction of sp³-hybridized carbons (Fsp3) is 0.762. The molecule has 7 nitrogen and oxygen atoms in total. The molecule has 1 aromatic rings. The third-order valence-electron chi connectivity index (χ3n) is 6.51. The number of hydrogen-bond donors (Lipinski definition) is 0. The highest BCUT2D eigenvalue weighted by atomic mass is 16.5. The molecule has 1 aromatic heterocycles. The minimum atomic E-state index is 0.166. The molecule has 154 valence electrons. The molecule has 2 unspecified atom stereocenters. The summed E-state index contributed by atoms with van der Waals surface area (Å²) in [4.78, 5) is 19.8. The summed E-state index contributed by atoms with van der Waals surface area (Å²) >= 11 is 0. The van der Waals surface area contributed by atoms with E-state index in [1.807, 2.05) is 0 Å². The molecule has 0 radical (unpaired) electrons. The highest BCUT2D eigenvalue weighted by Crippen LogP contribution is 2.30. The van der Waals surface area contributed by atoms with E-state index in [0.29, 0.717) is 18.5 Å². The van der Waals surface area contributed by atoms with Gasteiger partial charge in [-0.1, -0.05) is 6.42 Å². The zero-order chi connectivity index (χ0) is 19.5. The van der Waals surface area contributed by atoms with Crippen molar-refractivity contribution in [2.75, 3.05) is 51.8 Å². The zero-order valence-corrected chi connectivity index (χ0v) is 17.3. The Balaban J connectivity index is 1.44. The van der Waals surface area contributed by atoms with Crippen LogP contribution in [-0.2, 0) is 22.5 Å². The van der Waals surface area contributed by atoms with Crippen LogP contribution in [0.4, 0.5) is 5.82 Å². The highest BCUT2D eigenvalue weighted by molar-refractivity contribution is 5.79. The monoisotopic (exact) mass is 387 g/mol. The van der Waals surface area contributed by atoms with Crippen molar-refractivity contribution < 1.29 is 9.53 Å². The van der Waals surface area contributed by atoms with Gasteiger partial charge in [0, 0.05) is 51.2 Å². The maximum absolute atomic E-state index is 13.2. The topological polar surface area (TPSA) is 61.8 Å². The summed E-state index contributed by atoms with van der Waals surface area (Å²) in [7, 11) is 4.26. The van der Waals surface area contributed by atoms with Gasteiger partial charge < -0.3 is 19.4 Å². The van der Waals surface area contributed by atoms with Gasteiger partial charge in [-0.15, -0.1) is 5.10 Å². The minimum Gasteiger partial charge on any atom is -0.380 e. The minimum absolute atomic E-state index is 0.166. The summed E-state index contributed by atoms with van der Waals surface area (Å²) in [6.45, 7) is 4.78. The number of amides is 1. The molecule has 0 aromatic carbocycles. The fourth-order valence-electron chi connectivity index (χ4n) is 4.75. The number of ether oxygens (including phenoxy) is 1. The molecule has 0 bridgehead atoms. The molecular formula is C21H33N5O2. The van der Waals surface area contributed by atoms with Gasteiger partial charge in [0.15, 0.2) is 5.82 Å². The SMILES string of the molecule is CN(C)C1CCCC(C(=O)N2CCc3nnc(N4CCCOCC4)cc3C2)C1. The second kappa shape index (κ2) is 8.74. The molecule has 2 atom stereocenters. The third-order valence-corrected chi connectivity index (χ3v) is 6.51. The van der Waals surface area contributed by atoms with E-state index in [2.05, 4.69) is 45.1 Å². The largest absolute Gasteiger partial charge is 0.380 e. The van der Waals surface area contributed by atoms with Gasteiger partial charge in [-0.3, -0.25) is 4.79 Å². The lowest BCUT2D eigenvalue weighted by atomic mass is 9.84. The van der Waals surface area contributed by atoms with E-state index in [9.17, 15) is 4.79 Å². The van der Waals surface area contributed by atoms with Gasteiger partial charge in [0.05, 0.1) is 12.3 Å². The van der Waals surface area contributed by atoms with Gasteiger partial charge in [0.25, 0.3) is 0 Å². The molecule has 1 saturated carbocycles. The maximum Gasteiger partial charge on any atom is 0.226 e. The number of hydrogen-bond acceptors (Lipinski definition) is 6. The van der Waals surface area contributed by atoms with Crippen molar-refractivity contribution in [2.24, 2.45) is 5.92 Å². The number of rotatable bonds is 3. The first-order chi connectivity index (χ1) is 13.6. The van der Waals surface area contributed by atoms with Crippen LogP contribution in [-0.4, -0.2) is 78.9 Å². The number of carbonyl (C=O) groups is 1. The van der Waals surface area contributed by atoms with Crippen LogP contribution in [0, 0.1) is 5.92 Å². The van der Waals surface area contributed by atoms with Crippen molar-refractivity contribution >= 4 is 11.7 Å². The number of fused-ring (bicyclic) bond motifs is 1. The number of carbonyl (C=O) groups excluding carboxylic acids is 1. The van der Waals surface area contributed by atoms with Gasteiger partial charge >= 0.3 is 0 Å². The molecule has 1 saturated heterocycles. The average molecular weight is 388 g/mol. The van der Waals surface area contributed by atoms with Crippen LogP contribution in [0.15, 0.2) is 6.07 Å². The van der Waals surface area contributed by atoms with Crippen LogP contribution < -0.4 is 4.90 Å². The maximum atomic E-state index is 13.2. The van der Waals surface area contributed by atoms with E-state index in [1.54, 1.807) is 0 Å². The van der Waals surface area contributed by atoms with Crippen LogP contribution >= 0.6 is 0 Å². The van der Waals surface area contributed by atoms with E-state index in [-0.39, 0.29) is 5.92 Å². The van der Waals surface area contributed by atoms with Crippen molar-refractivity contribution in [1.82, 2.24) is 20.0 Å². The van der Waals surface area contributed by atoms with E-state index < -0.39 is 0 Å². The highest BCUT2D eigenvalue weighted by Gasteiger charge is 2.33. The third kappa shape index (κ3) is 4.30. The summed E-state index contributed by atoms with van der Waals surface area (Å²) in [5, 5.41) is 8.95. The average Bonchev–Trinajstić information content (AvgIpc) is 3.02. The first-order valence-electron chi connectivity index (χ1n) is 10.7. The predicted octanol–water partition coefficient (Wildman–Crippen LogP) is 1.71. The lowest BCUT2D eigenvalue weighted by molar-refractivity contribution is -0.138. The smallest absolute Gasteiger partial charge is 0.226 e. The summed E-state index contributed by atoms with van der Waals surface area (Å²) in [6, 6.07) is 2.68. The first-order valence-corrected chi connectivity index (χ1v) is 10.7. The summed E-state index contributed by atoms with van der Waals surface area (Å²) < 4.78 is 5.55. The van der Waals surface area contributed by atoms with Crippen LogP contribution in [0.1, 0.15) is 43.4 Å². The molecule has 2 aliphatic heterocycles. The Bertz CT molecular complexity index is 687. The van der Waals surface area contributed by atoms with Gasteiger partial charge in [0.1, 0.15) is 0 Å². The lowest BCUT2D eigenvalue weighted by Gasteiger charge is -2.37. The molecular weight excluding hydrogens is 354 g/mol. The van der Waals surface area contributed by atoms with Crippen molar-refractivity contribution in [3.63, 3.8) is 0 Å². The summed E-state index contributed by atoms with van der Waals surface area (Å²) in [5.41, 5.74) is 2.21. The number of nitrogens with zero attached hydrogens (tertiary/aromatic N) is 5. The molecule has 4 rings (SSSR count). The zero-order valence-electron chi connectivity index (χ0n) is 17.3. The molecule has 0 N–H and O–H groups in total. The van der Waals surface area contributed by atoms with Crippen LogP contribution in [0.2, 0.25) is 0 Å². The van der Waals surface area contributed by atoms with Gasteiger partial charge in [-0.05, 0) is 51.4 Å². The molecule has 7 heteroatoms. The molecule has 1 amide bonds. The second-order valence-electron chi connectivity index (χ2n) is 8.62. The van der Waals surface area contributed by atoms with Gasteiger partial charge in [-0.2, -0.15) is 5.10 Å². The van der Waals surface area contributed by atoms with Crippen LogP contribution in [0.5, 0.6) is 0 Å². The lowest BCUT2D eigenvalue weighted by Crippen LogP contribution is -2.44. The Morgan fingerprint density at radius 3 is 2.89 bits per heavy atom. The Labute approximate surface area is 168 Å².